The maximum Gasteiger partial charge on any atom is 0.138 e. The maximum atomic E-state index is 7.00. The summed E-state index contributed by atoms with van der Waals surface area (Å²) in [6, 6.07) is 49.8. The lowest BCUT2D eigenvalue weighted by Gasteiger charge is -2.05. The number of ether oxygens (including phenoxy) is 2. The Labute approximate surface area is 312 Å². The molecule has 8 heteroatoms. The van der Waals surface area contributed by atoms with E-state index in [0.717, 1.165) is 70.6 Å². The Bertz CT molecular complexity index is 2500. The first kappa shape index (κ1) is 35.7. The largest absolute Gasteiger partial charge is 0.497 e. The Morgan fingerprint density at radius 1 is 0.370 bits per heavy atom. The summed E-state index contributed by atoms with van der Waals surface area (Å²) < 4.78 is 10.5. The van der Waals surface area contributed by atoms with E-state index in [0.29, 0.717) is 0 Å². The number of fused-ring (bicyclic) bond motifs is 12. The Morgan fingerprint density at radius 3 is 0.963 bits per heavy atom. The highest BCUT2D eigenvalue weighted by atomic mass is 16.5. The van der Waals surface area contributed by atoms with Crippen LogP contribution in [0.4, 0.5) is 0 Å². The fourth-order valence-corrected chi connectivity index (χ4v) is 7.02. The third-order valence-corrected chi connectivity index (χ3v) is 9.47. The van der Waals surface area contributed by atoms with E-state index >= 15 is 0 Å². The van der Waals surface area contributed by atoms with Gasteiger partial charge in [0.05, 0.1) is 36.3 Å². The van der Waals surface area contributed by atoms with Gasteiger partial charge in [-0.15, -0.1) is 0 Å². The van der Waals surface area contributed by atoms with Gasteiger partial charge in [0.25, 0.3) is 0 Å². The summed E-state index contributed by atoms with van der Waals surface area (Å²) in [6.07, 6.45) is 0. The molecule has 10 rings (SSSR count). The Kier molecular flexibility index (Phi) is 10.5. The van der Waals surface area contributed by atoms with Crippen molar-refractivity contribution in [3.8, 4) is 34.3 Å². The number of aromatic nitrogens is 4. The monoisotopic (exact) mass is 712 g/mol. The highest BCUT2D eigenvalue weighted by Crippen LogP contribution is 2.37. The van der Waals surface area contributed by atoms with Crippen LogP contribution in [0.15, 0.2) is 146 Å². The molecule has 0 amide bonds. The first-order valence-corrected chi connectivity index (χ1v) is 17.5. The number of methoxy groups -OCH3 is 2. The molecule has 0 aliphatic heterocycles. The Morgan fingerprint density at radius 2 is 0.648 bits per heavy atom. The van der Waals surface area contributed by atoms with Crippen molar-refractivity contribution in [3.63, 3.8) is 0 Å². The number of H-pyrrole nitrogens is 2. The van der Waals surface area contributed by atoms with Gasteiger partial charge in [0, 0.05) is 46.9 Å². The molecule has 0 spiro atoms. The number of nitrogens with zero attached hydrogens (tertiary/aromatic N) is 2. The number of benzene rings is 8. The average molecular weight is 713 g/mol. The molecule has 0 bridgehead atoms. The van der Waals surface area contributed by atoms with Gasteiger partial charge in [-0.05, 0) is 70.1 Å². The SMILES string of the molecule is CO.CO.COc1ccc(-c2nc3c4ccccc4c4ccccc4c3[nH]2)cc1.COc1ccc(-c2nc3c4ccccc4c4ccccc4c3[nH]2)cc1. The number of aliphatic hydroxyl groups excluding tert-OH is 2. The van der Waals surface area contributed by atoms with Crippen LogP contribution in [0.1, 0.15) is 0 Å². The molecule has 2 heterocycles. The zero-order valence-corrected chi connectivity index (χ0v) is 30.5. The number of aliphatic hydroxyl groups is 2. The molecule has 8 aromatic carbocycles. The van der Waals surface area contributed by atoms with Crippen LogP contribution < -0.4 is 9.47 Å². The van der Waals surface area contributed by atoms with Crippen LogP contribution in [0.3, 0.4) is 0 Å². The van der Waals surface area contributed by atoms with Crippen molar-refractivity contribution in [1.29, 1.82) is 0 Å². The molecule has 0 aliphatic carbocycles. The van der Waals surface area contributed by atoms with Crippen molar-refractivity contribution in [2.24, 2.45) is 0 Å². The van der Waals surface area contributed by atoms with E-state index in [-0.39, 0.29) is 0 Å². The van der Waals surface area contributed by atoms with Crippen LogP contribution in [0.25, 0.3) is 87.9 Å². The molecule has 8 nitrogen and oxygen atoms in total. The molecule has 10 aromatic rings. The van der Waals surface area contributed by atoms with Gasteiger partial charge in [-0.2, -0.15) is 0 Å². The van der Waals surface area contributed by atoms with E-state index in [2.05, 4.69) is 107 Å². The zero-order chi connectivity index (χ0) is 37.6. The molecular formula is C46H40N4O4. The summed E-state index contributed by atoms with van der Waals surface area (Å²) in [5.74, 6) is 3.44. The van der Waals surface area contributed by atoms with Gasteiger partial charge in [-0.3, -0.25) is 0 Å². The van der Waals surface area contributed by atoms with Crippen LogP contribution in [0.5, 0.6) is 11.5 Å². The van der Waals surface area contributed by atoms with Crippen molar-refractivity contribution in [2.75, 3.05) is 28.4 Å². The van der Waals surface area contributed by atoms with Gasteiger partial charge in [-0.25, -0.2) is 9.97 Å². The van der Waals surface area contributed by atoms with E-state index in [4.69, 9.17) is 29.7 Å². The fraction of sp³-hybridized carbons (Fsp3) is 0.0870. The average Bonchev–Trinajstić information content (AvgIpc) is 3.93. The van der Waals surface area contributed by atoms with Crippen LogP contribution in [-0.4, -0.2) is 58.6 Å². The molecule has 2 aromatic heterocycles. The van der Waals surface area contributed by atoms with Crippen LogP contribution >= 0.6 is 0 Å². The standard InChI is InChI=1S/2C22H16N2O.2CH4O/c2*1-25-15-12-10-14(11-13-15)22-23-20-18-8-4-2-6-16(18)17-7-3-5-9-19(17)21(20)24-22;2*1-2/h2*2-13H,1H3,(H,23,24);2*2H,1H3. The summed E-state index contributed by atoms with van der Waals surface area (Å²) in [5, 5.41) is 23.7. The minimum absolute atomic E-state index is 0.843. The second-order valence-corrected chi connectivity index (χ2v) is 12.3. The first-order valence-electron chi connectivity index (χ1n) is 17.5. The van der Waals surface area contributed by atoms with Gasteiger partial charge in [0.1, 0.15) is 23.1 Å². The molecule has 0 fully saturated rings. The summed E-state index contributed by atoms with van der Waals surface area (Å²) in [4.78, 5) is 16.9. The molecule has 0 atom stereocenters. The third kappa shape index (κ3) is 6.45. The van der Waals surface area contributed by atoms with E-state index < -0.39 is 0 Å². The highest BCUT2D eigenvalue weighted by Gasteiger charge is 2.15. The number of imidazole rings is 2. The number of rotatable bonds is 4. The van der Waals surface area contributed by atoms with Gasteiger partial charge in [0.2, 0.25) is 0 Å². The summed E-state index contributed by atoms with van der Waals surface area (Å²) in [6.45, 7) is 0. The van der Waals surface area contributed by atoms with E-state index in [1.54, 1.807) is 14.2 Å². The summed E-state index contributed by atoms with van der Waals surface area (Å²) in [7, 11) is 5.35. The fourth-order valence-electron chi connectivity index (χ4n) is 7.02. The van der Waals surface area contributed by atoms with E-state index in [1.807, 2.05) is 48.5 Å². The van der Waals surface area contributed by atoms with Crippen LogP contribution in [0.2, 0.25) is 0 Å². The topological polar surface area (TPSA) is 116 Å². The Balaban J connectivity index is 0.000000153. The molecular weight excluding hydrogens is 673 g/mol. The van der Waals surface area contributed by atoms with E-state index in [9.17, 15) is 0 Å². The number of aromatic amines is 2. The quantitative estimate of drug-likeness (QED) is 0.135. The second-order valence-electron chi connectivity index (χ2n) is 12.3. The molecule has 0 unspecified atom stereocenters. The molecule has 4 N–H and O–H groups in total. The van der Waals surface area contributed by atoms with Crippen molar-refractivity contribution < 1.29 is 19.7 Å². The predicted octanol–water partition coefficient (Wildman–Crippen LogP) is 10.3. The van der Waals surface area contributed by atoms with Crippen molar-refractivity contribution in [3.05, 3.63) is 146 Å². The predicted molar refractivity (Wildman–Crippen MR) is 222 cm³/mol. The lowest BCUT2D eigenvalue weighted by atomic mass is 10.0. The lowest BCUT2D eigenvalue weighted by Crippen LogP contribution is -1.83. The molecule has 0 aliphatic rings. The number of nitrogens with one attached hydrogen (secondary N) is 2. The lowest BCUT2D eigenvalue weighted by molar-refractivity contribution is 0.399. The summed E-state index contributed by atoms with van der Waals surface area (Å²) in [5.41, 5.74) is 6.29. The third-order valence-electron chi connectivity index (χ3n) is 9.47. The van der Waals surface area contributed by atoms with Gasteiger partial charge >= 0.3 is 0 Å². The van der Waals surface area contributed by atoms with Crippen molar-refractivity contribution in [1.82, 2.24) is 19.9 Å². The van der Waals surface area contributed by atoms with Crippen LogP contribution in [-0.2, 0) is 0 Å². The van der Waals surface area contributed by atoms with Crippen molar-refractivity contribution >= 4 is 65.2 Å². The van der Waals surface area contributed by atoms with Gasteiger partial charge < -0.3 is 29.7 Å². The minimum atomic E-state index is 0.843. The van der Waals surface area contributed by atoms with Crippen LogP contribution in [0, 0.1) is 0 Å². The normalized spacial score (nSPS) is 10.8. The molecule has 0 saturated carbocycles. The van der Waals surface area contributed by atoms with Crippen molar-refractivity contribution in [2.45, 2.75) is 0 Å². The molecule has 0 saturated heterocycles. The first-order chi connectivity index (χ1) is 26.7. The molecule has 54 heavy (non-hydrogen) atoms. The van der Waals surface area contributed by atoms with Gasteiger partial charge in [-0.1, -0.05) is 97.1 Å². The summed E-state index contributed by atoms with van der Waals surface area (Å²) >= 11 is 0. The minimum Gasteiger partial charge on any atom is -0.497 e. The zero-order valence-electron chi connectivity index (χ0n) is 30.5. The number of hydrogen-bond acceptors (Lipinski definition) is 6. The number of hydrogen-bond donors (Lipinski definition) is 4. The Hall–Kier alpha value is -6.74. The van der Waals surface area contributed by atoms with Gasteiger partial charge in [0.15, 0.2) is 0 Å². The molecule has 0 radical (unpaired) electrons. The smallest absolute Gasteiger partial charge is 0.138 e. The highest BCUT2D eigenvalue weighted by molar-refractivity contribution is 6.24. The molecule has 268 valence electrons. The second kappa shape index (κ2) is 15.9. The van der Waals surface area contributed by atoms with E-state index in [1.165, 1.54) is 43.1 Å². The maximum absolute atomic E-state index is 7.00.